The number of hydrogen-bond acceptors (Lipinski definition) is 6. The SMILES string of the molecule is C.C1CCC(OC2CC2)COC1.CC(C)(C)OC(=O)N1CCOCC(OC2CC2)C1.Cl. The molecule has 1 amide bonds. The predicted octanol–water partition coefficient (Wildman–Crippen LogP) is 4.59. The van der Waals surface area contributed by atoms with E-state index < -0.39 is 5.60 Å². The molecule has 184 valence electrons. The Morgan fingerprint density at radius 2 is 1.42 bits per heavy atom. The molecule has 4 rings (SSSR count). The molecule has 0 aromatic heterocycles. The van der Waals surface area contributed by atoms with Gasteiger partial charge in [0.15, 0.2) is 0 Å². The summed E-state index contributed by atoms with van der Waals surface area (Å²) >= 11 is 0. The molecule has 0 radical (unpaired) electrons. The van der Waals surface area contributed by atoms with Gasteiger partial charge in [0.1, 0.15) is 5.60 Å². The normalized spacial score (nSPS) is 26.7. The quantitative estimate of drug-likeness (QED) is 0.604. The second-order valence-electron chi connectivity index (χ2n) is 9.49. The van der Waals surface area contributed by atoms with Crippen molar-refractivity contribution in [2.75, 3.05) is 39.5 Å². The van der Waals surface area contributed by atoms with Gasteiger partial charge in [-0.1, -0.05) is 7.43 Å². The molecule has 0 spiro atoms. The molecule has 0 bridgehead atoms. The second kappa shape index (κ2) is 13.8. The summed E-state index contributed by atoms with van der Waals surface area (Å²) in [4.78, 5) is 13.7. The Morgan fingerprint density at radius 1 is 0.839 bits per heavy atom. The summed E-state index contributed by atoms with van der Waals surface area (Å²) in [5, 5.41) is 0. The Morgan fingerprint density at radius 3 is 2.03 bits per heavy atom. The van der Waals surface area contributed by atoms with Crippen molar-refractivity contribution in [2.45, 2.75) is 103 Å². The highest BCUT2D eigenvalue weighted by atomic mass is 35.5. The van der Waals surface area contributed by atoms with E-state index in [0.717, 1.165) is 26.1 Å². The lowest BCUT2D eigenvalue weighted by molar-refractivity contribution is -0.0199. The Hall–Kier alpha value is -0.600. The van der Waals surface area contributed by atoms with Crippen molar-refractivity contribution in [2.24, 2.45) is 0 Å². The van der Waals surface area contributed by atoms with Gasteiger partial charge in [0, 0.05) is 13.2 Å². The highest BCUT2D eigenvalue weighted by Crippen LogP contribution is 2.27. The number of nitrogens with zero attached hydrogens (tertiary/aromatic N) is 1. The van der Waals surface area contributed by atoms with E-state index in [9.17, 15) is 4.79 Å². The zero-order chi connectivity index (χ0) is 20.7. The number of halogens is 1. The Labute approximate surface area is 194 Å². The van der Waals surface area contributed by atoms with Crippen LogP contribution in [0.1, 0.15) is 73.1 Å². The summed E-state index contributed by atoms with van der Waals surface area (Å²) in [7, 11) is 0. The Bertz CT molecular complexity index is 499. The minimum Gasteiger partial charge on any atom is -0.444 e. The van der Waals surface area contributed by atoms with Gasteiger partial charge in [0.05, 0.1) is 50.8 Å². The first kappa shape index (κ1) is 28.4. The third-order valence-corrected chi connectivity index (χ3v) is 5.07. The van der Waals surface area contributed by atoms with Crippen LogP contribution in [0.2, 0.25) is 0 Å². The van der Waals surface area contributed by atoms with Gasteiger partial charge in [0.2, 0.25) is 0 Å². The van der Waals surface area contributed by atoms with Crippen LogP contribution in [0.25, 0.3) is 0 Å². The lowest BCUT2D eigenvalue weighted by Crippen LogP contribution is -2.42. The number of ether oxygens (including phenoxy) is 5. The first-order valence-electron chi connectivity index (χ1n) is 11.3. The van der Waals surface area contributed by atoms with Crippen LogP contribution < -0.4 is 0 Å². The number of carbonyl (C=O) groups excluding carboxylic acids is 1. The number of hydrogen-bond donors (Lipinski definition) is 0. The first-order valence-corrected chi connectivity index (χ1v) is 11.3. The van der Waals surface area contributed by atoms with Crippen LogP contribution in [-0.4, -0.2) is 80.5 Å². The fourth-order valence-corrected chi connectivity index (χ4v) is 3.29. The van der Waals surface area contributed by atoms with E-state index in [4.69, 9.17) is 23.7 Å². The molecule has 7 nitrogen and oxygen atoms in total. The van der Waals surface area contributed by atoms with Crippen molar-refractivity contribution < 1.29 is 28.5 Å². The lowest BCUT2D eigenvalue weighted by Gasteiger charge is -2.27. The Balaban J connectivity index is 0.000000320. The van der Waals surface area contributed by atoms with E-state index in [1.54, 1.807) is 4.90 Å². The molecule has 2 aliphatic heterocycles. The van der Waals surface area contributed by atoms with Crippen molar-refractivity contribution in [3.63, 3.8) is 0 Å². The van der Waals surface area contributed by atoms with Crippen LogP contribution in [0.5, 0.6) is 0 Å². The molecule has 8 heteroatoms. The molecule has 4 aliphatic rings. The van der Waals surface area contributed by atoms with Crippen molar-refractivity contribution in [1.29, 1.82) is 0 Å². The standard InChI is InChI=1S/C13H23NO4.C9H16O2.CH4.ClH/c1-13(2,3)18-12(15)14-6-7-16-9-11(8-14)17-10-4-5-10;1-2-6-10-7-9(3-1)11-8-4-5-8;;/h10-11H,4-9H2,1-3H3;8-9H,1-7H2;1H4;1H. The maximum atomic E-state index is 12.0. The largest absolute Gasteiger partial charge is 0.444 e. The van der Waals surface area contributed by atoms with Gasteiger partial charge in [0.25, 0.3) is 0 Å². The molecule has 31 heavy (non-hydrogen) atoms. The highest BCUT2D eigenvalue weighted by molar-refractivity contribution is 5.85. The average molecular weight is 466 g/mol. The number of amides is 1. The monoisotopic (exact) mass is 465 g/mol. The number of rotatable bonds is 4. The molecule has 0 N–H and O–H groups in total. The summed E-state index contributed by atoms with van der Waals surface area (Å²) in [6.07, 6.45) is 9.56. The molecule has 2 aliphatic carbocycles. The van der Waals surface area contributed by atoms with E-state index in [-0.39, 0.29) is 32.0 Å². The maximum absolute atomic E-state index is 12.0. The highest BCUT2D eigenvalue weighted by Gasteiger charge is 2.31. The van der Waals surface area contributed by atoms with Crippen LogP contribution in [0, 0.1) is 0 Å². The van der Waals surface area contributed by atoms with E-state index in [1.165, 1.54) is 32.1 Å². The number of carbonyl (C=O) groups is 1. The van der Waals surface area contributed by atoms with Crippen molar-refractivity contribution >= 4 is 18.5 Å². The van der Waals surface area contributed by atoms with Gasteiger partial charge in [-0.05, 0) is 65.7 Å². The van der Waals surface area contributed by atoms with E-state index in [0.29, 0.717) is 44.6 Å². The smallest absolute Gasteiger partial charge is 0.410 e. The molecular weight excluding hydrogens is 422 g/mol. The summed E-state index contributed by atoms with van der Waals surface area (Å²) in [6, 6.07) is 0. The van der Waals surface area contributed by atoms with Crippen LogP contribution in [0.15, 0.2) is 0 Å². The zero-order valence-corrected chi connectivity index (χ0v) is 19.6. The lowest BCUT2D eigenvalue weighted by atomic mass is 10.2. The van der Waals surface area contributed by atoms with Crippen molar-refractivity contribution in [3.05, 3.63) is 0 Å². The minimum absolute atomic E-state index is 0. The third kappa shape index (κ3) is 12.3. The summed E-state index contributed by atoms with van der Waals surface area (Å²) < 4.78 is 27.8. The summed E-state index contributed by atoms with van der Waals surface area (Å²) in [5.74, 6) is 0. The topological polar surface area (TPSA) is 66.5 Å². The molecule has 2 saturated carbocycles. The summed E-state index contributed by atoms with van der Waals surface area (Å²) in [6.45, 7) is 9.62. The maximum Gasteiger partial charge on any atom is 0.410 e. The molecule has 4 fully saturated rings. The molecule has 0 aromatic rings. The van der Waals surface area contributed by atoms with Gasteiger partial charge in [-0.2, -0.15) is 0 Å². The third-order valence-electron chi connectivity index (χ3n) is 5.07. The van der Waals surface area contributed by atoms with Gasteiger partial charge in [-0.3, -0.25) is 0 Å². The molecule has 2 heterocycles. The first-order chi connectivity index (χ1) is 13.9. The fraction of sp³-hybridized carbons (Fsp3) is 0.957. The predicted molar refractivity (Wildman–Crippen MR) is 123 cm³/mol. The van der Waals surface area contributed by atoms with E-state index >= 15 is 0 Å². The second-order valence-corrected chi connectivity index (χ2v) is 9.49. The molecule has 2 saturated heterocycles. The minimum atomic E-state index is -0.461. The molecule has 2 atom stereocenters. The van der Waals surface area contributed by atoms with Gasteiger partial charge in [-0.25, -0.2) is 4.79 Å². The van der Waals surface area contributed by atoms with Crippen molar-refractivity contribution in [1.82, 2.24) is 4.90 Å². The van der Waals surface area contributed by atoms with Crippen LogP contribution in [-0.2, 0) is 23.7 Å². The average Bonchev–Trinajstić information content (AvgIpc) is 3.52. The molecular formula is C23H44ClNO6. The van der Waals surface area contributed by atoms with Gasteiger partial charge < -0.3 is 28.6 Å². The fourth-order valence-electron chi connectivity index (χ4n) is 3.29. The van der Waals surface area contributed by atoms with Crippen LogP contribution >= 0.6 is 12.4 Å². The molecule has 0 aromatic carbocycles. The Kier molecular flexibility index (Phi) is 12.7. The van der Waals surface area contributed by atoms with E-state index in [2.05, 4.69) is 0 Å². The van der Waals surface area contributed by atoms with Crippen LogP contribution in [0.3, 0.4) is 0 Å². The van der Waals surface area contributed by atoms with Crippen LogP contribution in [0.4, 0.5) is 4.79 Å². The zero-order valence-electron chi connectivity index (χ0n) is 18.8. The van der Waals surface area contributed by atoms with Gasteiger partial charge in [-0.15, -0.1) is 12.4 Å². The van der Waals surface area contributed by atoms with Gasteiger partial charge >= 0.3 is 6.09 Å². The van der Waals surface area contributed by atoms with E-state index in [1.807, 2.05) is 20.8 Å². The summed E-state index contributed by atoms with van der Waals surface area (Å²) in [5.41, 5.74) is -0.461. The van der Waals surface area contributed by atoms with Crippen molar-refractivity contribution in [3.8, 4) is 0 Å². The molecule has 2 unspecified atom stereocenters.